The van der Waals surface area contributed by atoms with Crippen molar-refractivity contribution in [3.63, 3.8) is 0 Å². The van der Waals surface area contributed by atoms with E-state index in [-0.39, 0.29) is 0 Å². The van der Waals surface area contributed by atoms with E-state index in [0.717, 1.165) is 36.9 Å². The van der Waals surface area contributed by atoms with Crippen LogP contribution in [0.4, 0.5) is 5.69 Å². The predicted molar refractivity (Wildman–Crippen MR) is 126 cm³/mol. The van der Waals surface area contributed by atoms with Gasteiger partial charge >= 0.3 is 0 Å². The number of nitrogens with zero attached hydrogens (tertiary/aromatic N) is 3. The second kappa shape index (κ2) is 8.31. The lowest BCUT2D eigenvalue weighted by atomic mass is 10.2. The Morgan fingerprint density at radius 2 is 1.30 bits per heavy atom. The predicted octanol–water partition coefficient (Wildman–Crippen LogP) is 4.63. The molecule has 1 aliphatic rings. The number of para-hydroxylation sites is 3. The van der Waals surface area contributed by atoms with Gasteiger partial charge in [0.15, 0.2) is 0 Å². The summed E-state index contributed by atoms with van der Waals surface area (Å²) in [7, 11) is 0. The molecule has 0 aliphatic carbocycles. The quantitative estimate of drug-likeness (QED) is 0.511. The van der Waals surface area contributed by atoms with Crippen molar-refractivity contribution in [2.45, 2.75) is 12.6 Å². The van der Waals surface area contributed by atoms with Crippen molar-refractivity contribution >= 4 is 39.1 Å². The molecule has 1 saturated heterocycles. The van der Waals surface area contributed by atoms with Crippen LogP contribution in [-0.2, 0) is 6.54 Å². The van der Waals surface area contributed by atoms with Crippen molar-refractivity contribution in [2.75, 3.05) is 37.6 Å². The van der Waals surface area contributed by atoms with Crippen molar-refractivity contribution < 1.29 is 5.11 Å². The molecule has 5 heteroatoms. The molecule has 1 aliphatic heterocycles. The number of β-amino-alcohol motifs (C(OH)–C–C–N with tert-alkyl or cyclic N) is 1. The number of halogens is 1. The number of aliphatic hydroxyl groups excluding tert-OH is 1. The minimum Gasteiger partial charge on any atom is -0.390 e. The van der Waals surface area contributed by atoms with Gasteiger partial charge in [-0.2, -0.15) is 0 Å². The average Bonchev–Trinajstić information content (AvgIpc) is 3.09. The molecule has 5 rings (SSSR count). The third kappa shape index (κ3) is 3.67. The van der Waals surface area contributed by atoms with E-state index in [4.69, 9.17) is 11.6 Å². The molecular weight excluding hydrogens is 394 g/mol. The molecule has 0 saturated carbocycles. The van der Waals surface area contributed by atoms with E-state index in [1.165, 1.54) is 21.8 Å². The number of aliphatic hydroxyl groups is 1. The summed E-state index contributed by atoms with van der Waals surface area (Å²) in [6.45, 7) is 4.97. The Labute approximate surface area is 181 Å². The minimum atomic E-state index is -0.420. The lowest BCUT2D eigenvalue weighted by Gasteiger charge is -2.37. The van der Waals surface area contributed by atoms with Gasteiger partial charge in [-0.25, -0.2) is 0 Å². The van der Waals surface area contributed by atoms with Crippen molar-refractivity contribution in [1.82, 2.24) is 9.47 Å². The summed E-state index contributed by atoms with van der Waals surface area (Å²) in [6.07, 6.45) is -0.420. The smallest absolute Gasteiger partial charge is 0.0845 e. The summed E-state index contributed by atoms with van der Waals surface area (Å²) in [5, 5.41) is 14.2. The molecule has 154 valence electrons. The summed E-state index contributed by atoms with van der Waals surface area (Å²) < 4.78 is 2.26. The van der Waals surface area contributed by atoms with Gasteiger partial charge in [-0.3, -0.25) is 4.90 Å². The van der Waals surface area contributed by atoms with Crippen molar-refractivity contribution in [1.29, 1.82) is 0 Å². The molecule has 1 N–H and O–H groups in total. The fraction of sp³-hybridized carbons (Fsp3) is 0.280. The van der Waals surface area contributed by atoms with Crippen LogP contribution in [0.2, 0.25) is 5.02 Å². The first-order valence-electron chi connectivity index (χ1n) is 10.6. The number of anilines is 1. The maximum absolute atomic E-state index is 10.9. The Bertz CT molecular complexity index is 1110. The topological polar surface area (TPSA) is 31.6 Å². The zero-order valence-corrected chi connectivity index (χ0v) is 17.7. The molecule has 4 nitrogen and oxygen atoms in total. The highest BCUT2D eigenvalue weighted by Crippen LogP contribution is 2.29. The molecule has 3 aromatic carbocycles. The van der Waals surface area contributed by atoms with Crippen LogP contribution in [0.25, 0.3) is 21.8 Å². The fourth-order valence-electron chi connectivity index (χ4n) is 4.65. The van der Waals surface area contributed by atoms with Gasteiger partial charge < -0.3 is 14.6 Å². The van der Waals surface area contributed by atoms with Crippen LogP contribution >= 0.6 is 11.6 Å². The van der Waals surface area contributed by atoms with Crippen LogP contribution < -0.4 is 4.90 Å². The summed E-state index contributed by atoms with van der Waals surface area (Å²) in [6, 6.07) is 24.9. The largest absolute Gasteiger partial charge is 0.390 e. The zero-order chi connectivity index (χ0) is 20.5. The van der Waals surface area contributed by atoms with Crippen LogP contribution in [0, 0.1) is 0 Å². The minimum absolute atomic E-state index is 0.420. The second-order valence-corrected chi connectivity index (χ2v) is 8.44. The molecular formula is C25H26ClN3O. The molecule has 0 spiro atoms. The summed E-state index contributed by atoms with van der Waals surface area (Å²) in [5.41, 5.74) is 3.47. The molecule has 1 unspecified atom stereocenters. The summed E-state index contributed by atoms with van der Waals surface area (Å²) in [4.78, 5) is 4.68. The lowest BCUT2D eigenvalue weighted by Crippen LogP contribution is -2.49. The van der Waals surface area contributed by atoms with Gasteiger partial charge in [-0.05, 0) is 24.3 Å². The van der Waals surface area contributed by atoms with Gasteiger partial charge in [-0.1, -0.05) is 60.1 Å². The first kappa shape index (κ1) is 19.4. The first-order valence-corrected chi connectivity index (χ1v) is 10.9. The van der Waals surface area contributed by atoms with Gasteiger partial charge in [0.2, 0.25) is 0 Å². The molecule has 1 aromatic heterocycles. The number of fused-ring (bicyclic) bond motifs is 3. The molecule has 4 aromatic rings. The van der Waals surface area contributed by atoms with E-state index < -0.39 is 6.10 Å². The number of rotatable bonds is 5. The number of aromatic nitrogens is 1. The van der Waals surface area contributed by atoms with E-state index >= 15 is 0 Å². The molecule has 2 heterocycles. The molecule has 0 amide bonds. The maximum Gasteiger partial charge on any atom is 0.0845 e. The standard InChI is InChI=1S/C25H26ClN3O/c26-22-9-3-6-12-25(22)28-15-13-27(14-16-28)17-19(30)18-29-23-10-4-1-7-20(23)21-8-2-5-11-24(21)29/h1-12,19,30H,13-18H2. The van der Waals surface area contributed by atoms with Gasteiger partial charge in [0.05, 0.1) is 23.4 Å². The summed E-state index contributed by atoms with van der Waals surface area (Å²) >= 11 is 6.36. The fourth-order valence-corrected chi connectivity index (χ4v) is 4.90. The monoisotopic (exact) mass is 419 g/mol. The van der Waals surface area contributed by atoms with Gasteiger partial charge in [0.1, 0.15) is 0 Å². The van der Waals surface area contributed by atoms with Crippen LogP contribution in [0.3, 0.4) is 0 Å². The third-order valence-electron chi connectivity index (χ3n) is 6.11. The Balaban J connectivity index is 1.27. The first-order chi connectivity index (χ1) is 14.7. The summed E-state index contributed by atoms with van der Waals surface area (Å²) in [5.74, 6) is 0. The average molecular weight is 420 g/mol. The number of piperazine rings is 1. The van der Waals surface area contributed by atoms with Gasteiger partial charge in [0, 0.05) is 54.5 Å². The highest BCUT2D eigenvalue weighted by molar-refractivity contribution is 6.33. The maximum atomic E-state index is 10.9. The number of hydrogen-bond acceptors (Lipinski definition) is 3. The van der Waals surface area contributed by atoms with Crippen LogP contribution in [-0.4, -0.2) is 53.4 Å². The van der Waals surface area contributed by atoms with Crippen molar-refractivity contribution in [3.05, 3.63) is 77.8 Å². The lowest BCUT2D eigenvalue weighted by molar-refractivity contribution is 0.0969. The van der Waals surface area contributed by atoms with Gasteiger partial charge in [0.25, 0.3) is 0 Å². The Kier molecular flexibility index (Phi) is 5.38. The molecule has 1 fully saturated rings. The van der Waals surface area contributed by atoms with E-state index in [0.29, 0.717) is 13.1 Å². The zero-order valence-electron chi connectivity index (χ0n) is 16.9. The van der Waals surface area contributed by atoms with Crippen molar-refractivity contribution in [3.8, 4) is 0 Å². The van der Waals surface area contributed by atoms with Crippen LogP contribution in [0.15, 0.2) is 72.8 Å². The Morgan fingerprint density at radius 3 is 1.93 bits per heavy atom. The van der Waals surface area contributed by atoms with E-state index in [9.17, 15) is 5.11 Å². The highest BCUT2D eigenvalue weighted by atomic mass is 35.5. The van der Waals surface area contributed by atoms with Crippen LogP contribution in [0.1, 0.15) is 0 Å². The van der Waals surface area contributed by atoms with Crippen molar-refractivity contribution in [2.24, 2.45) is 0 Å². The molecule has 0 radical (unpaired) electrons. The highest BCUT2D eigenvalue weighted by Gasteiger charge is 2.21. The van der Waals surface area contributed by atoms with E-state index in [2.05, 4.69) is 69.0 Å². The number of hydrogen-bond donors (Lipinski definition) is 1. The Morgan fingerprint density at radius 1 is 0.733 bits per heavy atom. The molecule has 30 heavy (non-hydrogen) atoms. The SMILES string of the molecule is OC(CN1CCN(c2ccccc2Cl)CC1)Cn1c2ccccc2c2ccccc21. The molecule has 0 bridgehead atoms. The Hall–Kier alpha value is -2.53. The van der Waals surface area contributed by atoms with E-state index in [1.807, 2.05) is 18.2 Å². The third-order valence-corrected chi connectivity index (χ3v) is 6.43. The van der Waals surface area contributed by atoms with Crippen LogP contribution in [0.5, 0.6) is 0 Å². The normalized spacial score (nSPS) is 16.4. The van der Waals surface area contributed by atoms with E-state index in [1.54, 1.807) is 0 Å². The molecule has 1 atom stereocenters. The number of benzene rings is 3. The second-order valence-electron chi connectivity index (χ2n) is 8.04. The van der Waals surface area contributed by atoms with Gasteiger partial charge in [-0.15, -0.1) is 0 Å².